The third kappa shape index (κ3) is 2.00. The number of aromatic nitrogens is 1. The number of pyridine rings is 1. The lowest BCUT2D eigenvalue weighted by molar-refractivity contribution is 0.990. The van der Waals surface area contributed by atoms with Gasteiger partial charge in [0.1, 0.15) is 0 Å². The quantitative estimate of drug-likeness (QED) is 0.462. The molecule has 2 aromatic rings. The summed E-state index contributed by atoms with van der Waals surface area (Å²) in [4.78, 5) is 11.5. The van der Waals surface area contributed by atoms with E-state index >= 15 is 0 Å². The van der Waals surface area contributed by atoms with Gasteiger partial charge in [0.25, 0.3) is 5.56 Å². The van der Waals surface area contributed by atoms with Crippen molar-refractivity contribution in [3.63, 3.8) is 0 Å². The van der Waals surface area contributed by atoms with Crippen LogP contribution in [-0.2, 0) is 0 Å². The first-order valence-corrected chi connectivity index (χ1v) is 4.82. The molecule has 0 bridgehead atoms. The summed E-state index contributed by atoms with van der Waals surface area (Å²) in [7, 11) is 0. The third-order valence-corrected chi connectivity index (χ3v) is 2.22. The van der Waals surface area contributed by atoms with E-state index in [2.05, 4.69) is 5.10 Å². The fraction of sp³-hybridized carbons (Fsp3) is 0. The van der Waals surface area contributed by atoms with Crippen LogP contribution in [0.5, 0.6) is 0 Å². The second-order valence-corrected chi connectivity index (χ2v) is 3.28. The molecule has 4 nitrogen and oxygen atoms in total. The lowest BCUT2D eigenvalue weighted by atomic mass is 10.2. The zero-order chi connectivity index (χ0) is 11.4. The molecule has 4 heteroatoms. The molecule has 2 rings (SSSR count). The minimum Gasteiger partial charge on any atom is -0.323 e. The van der Waals surface area contributed by atoms with Crippen LogP contribution in [0, 0.1) is 0 Å². The number of nitrogens with zero attached hydrogens (tertiary/aromatic N) is 2. The molecule has 0 saturated carbocycles. The van der Waals surface area contributed by atoms with E-state index in [0.717, 1.165) is 11.3 Å². The van der Waals surface area contributed by atoms with Gasteiger partial charge in [0, 0.05) is 18.0 Å². The van der Waals surface area contributed by atoms with Gasteiger partial charge in [-0.3, -0.25) is 9.36 Å². The van der Waals surface area contributed by atoms with Crippen LogP contribution in [0.2, 0.25) is 0 Å². The number of hydrazone groups is 1. The monoisotopic (exact) mass is 213 g/mol. The van der Waals surface area contributed by atoms with Gasteiger partial charge in [0.15, 0.2) is 0 Å². The standard InChI is InChI=1S/C12H11N3O/c13-14-9-10-4-6-11(7-5-10)15-8-2-1-3-12(15)16/h1-9H,13H2. The summed E-state index contributed by atoms with van der Waals surface area (Å²) in [6, 6.07) is 12.5. The SMILES string of the molecule is NN=Cc1ccc(-n2ccccc2=O)cc1. The van der Waals surface area contributed by atoms with Gasteiger partial charge in [0.05, 0.1) is 6.21 Å². The third-order valence-electron chi connectivity index (χ3n) is 2.22. The predicted molar refractivity (Wildman–Crippen MR) is 63.8 cm³/mol. The highest BCUT2D eigenvalue weighted by molar-refractivity contribution is 5.79. The Balaban J connectivity index is 2.43. The highest BCUT2D eigenvalue weighted by Crippen LogP contribution is 2.06. The average molecular weight is 213 g/mol. The highest BCUT2D eigenvalue weighted by atomic mass is 16.1. The van der Waals surface area contributed by atoms with Crippen LogP contribution < -0.4 is 11.4 Å². The Hall–Kier alpha value is -2.36. The Morgan fingerprint density at radius 1 is 1.12 bits per heavy atom. The smallest absolute Gasteiger partial charge is 0.255 e. The van der Waals surface area contributed by atoms with Gasteiger partial charge < -0.3 is 5.84 Å². The van der Waals surface area contributed by atoms with Crippen LogP contribution in [0.25, 0.3) is 5.69 Å². The molecule has 0 aliphatic rings. The van der Waals surface area contributed by atoms with Crippen LogP contribution in [0.4, 0.5) is 0 Å². The van der Waals surface area contributed by atoms with Crippen LogP contribution >= 0.6 is 0 Å². The Morgan fingerprint density at radius 3 is 2.50 bits per heavy atom. The summed E-state index contributed by atoms with van der Waals surface area (Å²) in [5.41, 5.74) is 1.66. The second kappa shape index (κ2) is 4.44. The molecule has 0 saturated heterocycles. The van der Waals surface area contributed by atoms with Crippen molar-refractivity contribution in [3.8, 4) is 5.69 Å². The molecule has 1 aromatic carbocycles. The molecular weight excluding hydrogens is 202 g/mol. The van der Waals surface area contributed by atoms with Crippen molar-refractivity contribution in [2.24, 2.45) is 10.9 Å². The van der Waals surface area contributed by atoms with E-state index in [1.165, 1.54) is 6.07 Å². The number of nitrogens with two attached hydrogens (primary N) is 1. The van der Waals surface area contributed by atoms with Gasteiger partial charge >= 0.3 is 0 Å². The Labute approximate surface area is 92.6 Å². The summed E-state index contributed by atoms with van der Waals surface area (Å²) in [6.07, 6.45) is 3.28. The van der Waals surface area contributed by atoms with Crippen molar-refractivity contribution >= 4 is 6.21 Å². The van der Waals surface area contributed by atoms with Crippen molar-refractivity contribution in [2.75, 3.05) is 0 Å². The molecule has 80 valence electrons. The zero-order valence-corrected chi connectivity index (χ0v) is 8.58. The van der Waals surface area contributed by atoms with Gasteiger partial charge in [-0.1, -0.05) is 18.2 Å². The molecule has 0 fully saturated rings. The van der Waals surface area contributed by atoms with Crippen LogP contribution in [0.3, 0.4) is 0 Å². The maximum absolute atomic E-state index is 11.5. The van der Waals surface area contributed by atoms with Gasteiger partial charge in [-0.25, -0.2) is 0 Å². The number of hydrogen-bond donors (Lipinski definition) is 1. The molecule has 1 heterocycles. The maximum Gasteiger partial charge on any atom is 0.255 e. The molecule has 0 aliphatic heterocycles. The summed E-state index contributed by atoms with van der Waals surface area (Å²) in [5, 5.41) is 3.43. The lowest BCUT2D eigenvalue weighted by Crippen LogP contribution is -2.15. The highest BCUT2D eigenvalue weighted by Gasteiger charge is 1.97. The molecule has 2 N–H and O–H groups in total. The number of hydrogen-bond acceptors (Lipinski definition) is 3. The van der Waals surface area contributed by atoms with Crippen LogP contribution in [0.15, 0.2) is 58.6 Å². The van der Waals surface area contributed by atoms with Gasteiger partial charge in [-0.15, -0.1) is 0 Å². The van der Waals surface area contributed by atoms with Crippen molar-refractivity contribution in [1.82, 2.24) is 4.57 Å². The van der Waals surface area contributed by atoms with E-state index in [1.807, 2.05) is 30.3 Å². The van der Waals surface area contributed by atoms with E-state index in [1.54, 1.807) is 23.0 Å². The molecule has 0 unspecified atom stereocenters. The zero-order valence-electron chi connectivity index (χ0n) is 8.58. The molecule has 0 atom stereocenters. The molecule has 0 spiro atoms. The molecule has 16 heavy (non-hydrogen) atoms. The number of benzene rings is 1. The van der Waals surface area contributed by atoms with Crippen molar-refractivity contribution in [2.45, 2.75) is 0 Å². The molecule has 1 aromatic heterocycles. The predicted octanol–water partition coefficient (Wildman–Crippen LogP) is 1.13. The van der Waals surface area contributed by atoms with Crippen molar-refractivity contribution < 1.29 is 0 Å². The summed E-state index contributed by atoms with van der Waals surface area (Å²) < 4.78 is 1.57. The normalized spacial score (nSPS) is 10.8. The van der Waals surface area contributed by atoms with Crippen LogP contribution in [0.1, 0.15) is 5.56 Å². The topological polar surface area (TPSA) is 60.4 Å². The van der Waals surface area contributed by atoms with E-state index in [9.17, 15) is 4.79 Å². The van der Waals surface area contributed by atoms with E-state index in [4.69, 9.17) is 5.84 Å². The minimum atomic E-state index is -0.0530. The fourth-order valence-electron chi connectivity index (χ4n) is 1.45. The second-order valence-electron chi connectivity index (χ2n) is 3.28. The Morgan fingerprint density at radius 2 is 1.88 bits per heavy atom. The number of rotatable bonds is 2. The molecular formula is C12H11N3O. The van der Waals surface area contributed by atoms with Crippen molar-refractivity contribution in [1.29, 1.82) is 0 Å². The van der Waals surface area contributed by atoms with E-state index in [0.29, 0.717) is 0 Å². The van der Waals surface area contributed by atoms with Gasteiger partial charge in [0.2, 0.25) is 0 Å². The Kier molecular flexibility index (Phi) is 2.82. The molecule has 0 radical (unpaired) electrons. The summed E-state index contributed by atoms with van der Waals surface area (Å²) in [5.74, 6) is 5.05. The summed E-state index contributed by atoms with van der Waals surface area (Å²) >= 11 is 0. The fourth-order valence-corrected chi connectivity index (χ4v) is 1.45. The maximum atomic E-state index is 11.5. The van der Waals surface area contributed by atoms with E-state index < -0.39 is 0 Å². The van der Waals surface area contributed by atoms with Gasteiger partial charge in [-0.05, 0) is 23.8 Å². The first-order chi connectivity index (χ1) is 7.81. The largest absolute Gasteiger partial charge is 0.323 e. The van der Waals surface area contributed by atoms with Crippen molar-refractivity contribution in [3.05, 3.63) is 64.6 Å². The first-order valence-electron chi connectivity index (χ1n) is 4.82. The first kappa shape index (κ1) is 10.2. The average Bonchev–Trinajstić information content (AvgIpc) is 2.31. The van der Waals surface area contributed by atoms with Crippen LogP contribution in [-0.4, -0.2) is 10.8 Å². The minimum absolute atomic E-state index is 0.0530. The summed E-state index contributed by atoms with van der Waals surface area (Å²) in [6.45, 7) is 0. The molecule has 0 amide bonds. The Bertz CT molecular complexity index is 555. The van der Waals surface area contributed by atoms with Gasteiger partial charge in [-0.2, -0.15) is 5.10 Å². The van der Waals surface area contributed by atoms with E-state index in [-0.39, 0.29) is 5.56 Å². The lowest BCUT2D eigenvalue weighted by Gasteiger charge is -2.04. The molecule has 0 aliphatic carbocycles.